The van der Waals surface area contributed by atoms with E-state index in [1.807, 2.05) is 11.1 Å². The number of hydrogen-bond acceptors (Lipinski definition) is 6. The Hall–Kier alpha value is -1.81. The molecular weight excluding hydrogens is 230 g/mol. The van der Waals surface area contributed by atoms with Crippen molar-refractivity contribution in [2.45, 2.75) is 13.0 Å². The van der Waals surface area contributed by atoms with Gasteiger partial charge in [0.25, 0.3) is 0 Å². The Labute approximate surface area is 97.4 Å². The average molecular weight is 240 g/mol. The topological polar surface area (TPSA) is 82.1 Å². The van der Waals surface area contributed by atoms with Gasteiger partial charge < -0.3 is 4.90 Å². The van der Waals surface area contributed by atoms with Gasteiger partial charge in [0.05, 0.1) is 24.5 Å². The van der Waals surface area contributed by atoms with Crippen LogP contribution in [0.2, 0.25) is 0 Å². The Morgan fingerprint density at radius 3 is 3.19 bits per heavy atom. The molecule has 1 aliphatic heterocycles. The Balaban J connectivity index is 2.05. The maximum absolute atomic E-state index is 8.58. The molecule has 0 unspecified atom stereocenters. The molecule has 1 aliphatic rings. The second-order valence-electron chi connectivity index (χ2n) is 3.29. The summed E-state index contributed by atoms with van der Waals surface area (Å²) >= 11 is 5.55. The number of rotatable bonds is 2. The van der Waals surface area contributed by atoms with E-state index < -0.39 is 0 Å². The molecule has 0 bridgehead atoms. The van der Waals surface area contributed by atoms with Crippen LogP contribution >= 0.6 is 11.8 Å². The summed E-state index contributed by atoms with van der Waals surface area (Å²) in [7, 11) is 0. The van der Waals surface area contributed by atoms with Crippen molar-refractivity contribution in [3.05, 3.63) is 11.9 Å². The van der Waals surface area contributed by atoms with Crippen LogP contribution < -0.4 is 5.32 Å². The highest BCUT2D eigenvalue weighted by Crippen LogP contribution is 2.06. The first-order valence-corrected chi connectivity index (χ1v) is 5.15. The molecule has 84 valence electrons. The molecule has 1 N–H and O–H groups in total. The van der Waals surface area contributed by atoms with E-state index in [1.165, 1.54) is 0 Å². The minimum atomic E-state index is 0.542. The van der Waals surface area contributed by atoms with E-state index in [1.54, 1.807) is 6.20 Å². The molecule has 1 aromatic rings. The van der Waals surface area contributed by atoms with Crippen molar-refractivity contribution >= 4 is 17.7 Å². The summed E-state index contributed by atoms with van der Waals surface area (Å²) in [5.74, 6) is 0.581. The van der Waals surface area contributed by atoms with E-state index >= 15 is 0 Å². The second-order valence-corrected chi connectivity index (χ2v) is 3.60. The van der Waals surface area contributed by atoms with Crippen LogP contribution in [0.4, 0.5) is 0 Å². The summed E-state index contributed by atoms with van der Waals surface area (Å²) in [5, 5.41) is 18.9. The van der Waals surface area contributed by atoms with Gasteiger partial charge in [-0.05, 0) is 6.42 Å². The van der Waals surface area contributed by atoms with Gasteiger partial charge in [0, 0.05) is 13.1 Å². The van der Waals surface area contributed by atoms with Gasteiger partial charge in [-0.15, -0.1) is 10.2 Å². The molecule has 7 nitrogen and oxygen atoms in total. The normalized spacial score (nSPS) is 15.5. The van der Waals surface area contributed by atoms with Gasteiger partial charge in [-0.3, -0.25) is 10.3 Å². The molecule has 0 saturated carbocycles. The van der Waals surface area contributed by atoms with Crippen LogP contribution in [0.5, 0.6) is 0 Å². The Morgan fingerprint density at radius 1 is 1.62 bits per heavy atom. The summed E-state index contributed by atoms with van der Waals surface area (Å²) < 4.78 is 0.994. The standard InChI is InChI=1S/C8H10ClN7/c9-16-13-4-7(14-16)5-15-3-1-2-11-8(15)12-6-10/h4H,1-3,5H2,(H,11,12). The molecule has 0 aliphatic carbocycles. The van der Waals surface area contributed by atoms with Gasteiger partial charge in [0.15, 0.2) is 6.19 Å². The molecule has 8 heteroatoms. The van der Waals surface area contributed by atoms with E-state index in [4.69, 9.17) is 17.0 Å². The van der Waals surface area contributed by atoms with Crippen LogP contribution in [-0.2, 0) is 6.54 Å². The maximum atomic E-state index is 8.58. The highest BCUT2D eigenvalue weighted by Gasteiger charge is 2.16. The lowest BCUT2D eigenvalue weighted by molar-refractivity contribution is 0.373. The van der Waals surface area contributed by atoms with Crippen LogP contribution in [0.15, 0.2) is 11.2 Å². The number of nitrogens with one attached hydrogen (secondary N) is 1. The van der Waals surface area contributed by atoms with Crippen LogP contribution in [-0.4, -0.2) is 38.5 Å². The zero-order valence-electron chi connectivity index (χ0n) is 8.47. The van der Waals surface area contributed by atoms with Gasteiger partial charge in [0.2, 0.25) is 5.96 Å². The van der Waals surface area contributed by atoms with Crippen molar-refractivity contribution in [2.75, 3.05) is 13.1 Å². The SMILES string of the molecule is N#CNC1=NCCCN1Cc1cnn(Cl)n1. The summed E-state index contributed by atoms with van der Waals surface area (Å²) in [6.45, 7) is 2.12. The van der Waals surface area contributed by atoms with Crippen molar-refractivity contribution in [1.82, 2.24) is 24.7 Å². The minimum Gasteiger partial charge on any atom is -0.336 e. The Morgan fingerprint density at radius 2 is 2.50 bits per heavy atom. The summed E-state index contributed by atoms with van der Waals surface area (Å²) in [6.07, 6.45) is 4.42. The fraction of sp³-hybridized carbons (Fsp3) is 0.500. The number of nitriles is 1. The average Bonchev–Trinajstić information content (AvgIpc) is 2.67. The Bertz CT molecular complexity index is 432. The van der Waals surface area contributed by atoms with Crippen molar-refractivity contribution in [2.24, 2.45) is 4.99 Å². The van der Waals surface area contributed by atoms with Crippen molar-refractivity contribution in [3.63, 3.8) is 0 Å². The first-order chi connectivity index (χ1) is 7.79. The fourth-order valence-electron chi connectivity index (χ4n) is 1.51. The van der Waals surface area contributed by atoms with E-state index in [9.17, 15) is 0 Å². The first-order valence-electron chi connectivity index (χ1n) is 4.81. The van der Waals surface area contributed by atoms with Gasteiger partial charge in [-0.25, -0.2) is 0 Å². The third-order valence-corrected chi connectivity index (χ3v) is 2.34. The monoisotopic (exact) mass is 239 g/mol. The van der Waals surface area contributed by atoms with Crippen LogP contribution in [0.1, 0.15) is 12.1 Å². The number of halogens is 1. The molecule has 0 fully saturated rings. The third kappa shape index (κ3) is 2.41. The second kappa shape index (κ2) is 4.81. The lowest BCUT2D eigenvalue weighted by Gasteiger charge is -2.26. The first kappa shape index (κ1) is 10.7. The number of nitrogens with zero attached hydrogens (tertiary/aromatic N) is 6. The van der Waals surface area contributed by atoms with Crippen molar-refractivity contribution < 1.29 is 0 Å². The van der Waals surface area contributed by atoms with Crippen LogP contribution in [0, 0.1) is 11.5 Å². The predicted molar refractivity (Wildman–Crippen MR) is 57.4 cm³/mol. The fourth-order valence-corrected chi connectivity index (χ4v) is 1.66. The summed E-state index contributed by atoms with van der Waals surface area (Å²) in [5.41, 5.74) is 0.740. The zero-order chi connectivity index (χ0) is 11.4. The van der Waals surface area contributed by atoms with Gasteiger partial charge in [-0.1, -0.05) is 4.32 Å². The molecular formula is C8H10ClN7. The largest absolute Gasteiger partial charge is 0.336 e. The molecule has 0 radical (unpaired) electrons. The molecule has 2 heterocycles. The maximum Gasteiger partial charge on any atom is 0.207 e. The molecule has 16 heavy (non-hydrogen) atoms. The van der Waals surface area contributed by atoms with E-state index in [0.717, 1.165) is 29.5 Å². The lowest BCUT2D eigenvalue weighted by Crippen LogP contribution is -2.42. The zero-order valence-corrected chi connectivity index (χ0v) is 9.22. The Kier molecular flexibility index (Phi) is 3.22. The van der Waals surface area contributed by atoms with Crippen molar-refractivity contribution in [1.29, 1.82) is 5.26 Å². The van der Waals surface area contributed by atoms with Crippen molar-refractivity contribution in [3.8, 4) is 6.19 Å². The number of guanidine groups is 1. The van der Waals surface area contributed by atoms with Gasteiger partial charge in [0.1, 0.15) is 5.69 Å². The van der Waals surface area contributed by atoms with E-state index in [2.05, 4.69) is 20.5 Å². The minimum absolute atomic E-state index is 0.542. The quantitative estimate of drug-likeness (QED) is 0.576. The number of aliphatic imine (C=N–C) groups is 1. The predicted octanol–water partition coefficient (Wildman–Crippen LogP) is -0.0876. The van der Waals surface area contributed by atoms with E-state index in [-0.39, 0.29) is 0 Å². The molecule has 0 atom stereocenters. The number of aromatic nitrogens is 3. The van der Waals surface area contributed by atoms with Crippen LogP contribution in [0.25, 0.3) is 0 Å². The lowest BCUT2D eigenvalue weighted by atomic mass is 10.3. The highest BCUT2D eigenvalue weighted by molar-refractivity contribution is 6.13. The van der Waals surface area contributed by atoms with E-state index in [0.29, 0.717) is 12.5 Å². The third-order valence-electron chi connectivity index (χ3n) is 2.18. The molecule has 0 aromatic carbocycles. The molecule has 0 spiro atoms. The molecule has 0 amide bonds. The van der Waals surface area contributed by atoms with Crippen LogP contribution in [0.3, 0.4) is 0 Å². The summed E-state index contributed by atoms with van der Waals surface area (Å²) in [6, 6.07) is 0. The summed E-state index contributed by atoms with van der Waals surface area (Å²) in [4.78, 5) is 6.16. The van der Waals surface area contributed by atoms with Gasteiger partial charge in [-0.2, -0.15) is 5.26 Å². The number of hydrogen-bond donors (Lipinski definition) is 1. The highest BCUT2D eigenvalue weighted by atomic mass is 35.5. The smallest absolute Gasteiger partial charge is 0.207 e. The molecule has 1 aromatic heterocycles. The molecule has 0 saturated heterocycles. The van der Waals surface area contributed by atoms with Gasteiger partial charge >= 0.3 is 0 Å². The molecule has 2 rings (SSSR count).